The van der Waals surface area contributed by atoms with Crippen LogP contribution in [0.1, 0.15) is 0 Å². The van der Waals surface area contributed by atoms with Gasteiger partial charge >= 0.3 is 21.9 Å². The number of nitrogens with one attached hydrogen (secondary N) is 1. The minimum Gasteiger partial charge on any atom is -0.406 e. The van der Waals surface area contributed by atoms with Gasteiger partial charge in [-0.15, -0.1) is 13.2 Å². The average Bonchev–Trinajstić information content (AvgIpc) is 2.18. The zero-order valence-electron chi connectivity index (χ0n) is 9.01. The third kappa shape index (κ3) is 4.34. The zero-order chi connectivity index (χ0) is 15.8. The van der Waals surface area contributed by atoms with E-state index in [-0.39, 0.29) is 0 Å². The van der Waals surface area contributed by atoms with Crippen LogP contribution in [0, 0.1) is 0 Å². The third-order valence-corrected chi connectivity index (χ3v) is 3.13. The summed E-state index contributed by atoms with van der Waals surface area (Å²) in [7, 11) is -5.72. The van der Waals surface area contributed by atoms with Crippen molar-refractivity contribution in [2.75, 3.05) is 4.72 Å². The van der Waals surface area contributed by atoms with Crippen molar-refractivity contribution in [2.24, 2.45) is 0 Å². The van der Waals surface area contributed by atoms with Gasteiger partial charge in [-0.1, -0.05) is 11.6 Å². The maximum atomic E-state index is 12.1. The van der Waals surface area contributed by atoms with E-state index in [2.05, 4.69) is 4.74 Å². The fourth-order valence-electron chi connectivity index (χ4n) is 0.978. The van der Waals surface area contributed by atoms with E-state index in [0.717, 1.165) is 4.72 Å². The Morgan fingerprint density at radius 1 is 1.10 bits per heavy atom. The molecule has 0 radical (unpaired) electrons. The molecule has 1 aromatic rings. The molecule has 0 atom stereocenters. The molecular formula is C8H4ClF6NO3S. The summed E-state index contributed by atoms with van der Waals surface area (Å²) >= 11 is 5.37. The smallest absolute Gasteiger partial charge is 0.406 e. The van der Waals surface area contributed by atoms with Crippen molar-refractivity contribution >= 4 is 27.3 Å². The molecule has 0 fully saturated rings. The Balaban J connectivity index is 3.01. The number of sulfonamides is 1. The highest BCUT2D eigenvalue weighted by atomic mass is 35.5. The van der Waals surface area contributed by atoms with Gasteiger partial charge in [0.25, 0.3) is 0 Å². The largest absolute Gasteiger partial charge is 0.573 e. The first-order valence-corrected chi connectivity index (χ1v) is 6.32. The van der Waals surface area contributed by atoms with E-state index in [9.17, 15) is 34.8 Å². The van der Waals surface area contributed by atoms with Crippen molar-refractivity contribution in [2.45, 2.75) is 11.9 Å². The van der Waals surface area contributed by atoms with Crippen LogP contribution in [0.2, 0.25) is 5.02 Å². The summed E-state index contributed by atoms with van der Waals surface area (Å²) in [6.45, 7) is 0. The van der Waals surface area contributed by atoms with Gasteiger partial charge in [0, 0.05) is 6.07 Å². The number of rotatable bonds is 3. The fraction of sp³-hybridized carbons (Fsp3) is 0.250. The van der Waals surface area contributed by atoms with Crippen LogP contribution in [-0.2, 0) is 10.0 Å². The number of hydrogen-bond donors (Lipinski definition) is 1. The lowest BCUT2D eigenvalue weighted by atomic mass is 10.3. The van der Waals surface area contributed by atoms with Crippen LogP contribution >= 0.6 is 11.6 Å². The maximum absolute atomic E-state index is 12.1. The summed E-state index contributed by atoms with van der Waals surface area (Å²) in [5.74, 6) is -0.808. The average molecular weight is 344 g/mol. The van der Waals surface area contributed by atoms with Crippen LogP contribution in [0.15, 0.2) is 18.2 Å². The number of anilines is 1. The second-order valence-corrected chi connectivity index (χ2v) is 5.32. The lowest BCUT2D eigenvalue weighted by Gasteiger charge is -2.13. The van der Waals surface area contributed by atoms with Crippen molar-refractivity contribution in [1.29, 1.82) is 0 Å². The van der Waals surface area contributed by atoms with Gasteiger partial charge in [0.05, 0.1) is 10.7 Å². The van der Waals surface area contributed by atoms with Crippen molar-refractivity contribution in [3.8, 4) is 5.75 Å². The summed E-state index contributed by atoms with van der Waals surface area (Å²) in [5, 5.41) is -0.695. The number of halogens is 7. The van der Waals surface area contributed by atoms with Gasteiger partial charge < -0.3 is 4.74 Å². The summed E-state index contributed by atoms with van der Waals surface area (Å²) in [6, 6.07) is 1.73. The molecule has 12 heteroatoms. The molecule has 0 aliphatic carbocycles. The van der Waals surface area contributed by atoms with E-state index in [1.807, 2.05) is 0 Å². The Labute approximate surface area is 113 Å². The molecular weight excluding hydrogens is 340 g/mol. The standard InChI is InChI=1S/C8H4ClF6NO3S/c9-5-3-4(19-7(10,11)12)1-2-6(5)16-20(17,18)8(13,14)15/h1-3,16H. The topological polar surface area (TPSA) is 55.4 Å². The molecule has 0 spiro atoms. The van der Waals surface area contributed by atoms with E-state index >= 15 is 0 Å². The minimum absolute atomic E-state index is 0.517. The first kappa shape index (κ1) is 16.7. The van der Waals surface area contributed by atoms with Gasteiger partial charge in [-0.05, 0) is 12.1 Å². The van der Waals surface area contributed by atoms with Gasteiger partial charge in [0.1, 0.15) is 5.75 Å². The molecule has 0 unspecified atom stereocenters. The molecule has 0 heterocycles. The first-order valence-electron chi connectivity index (χ1n) is 4.46. The lowest BCUT2D eigenvalue weighted by molar-refractivity contribution is -0.274. The Bertz CT molecular complexity index is 597. The molecule has 0 aliphatic heterocycles. The van der Waals surface area contributed by atoms with Gasteiger partial charge in [-0.2, -0.15) is 21.6 Å². The Hall–Kier alpha value is -1.36. The normalized spacial score (nSPS) is 13.2. The predicted octanol–water partition coefficient (Wildman–Crippen LogP) is 3.50. The molecule has 4 nitrogen and oxygen atoms in total. The van der Waals surface area contributed by atoms with Crippen molar-refractivity contribution < 1.29 is 39.5 Å². The minimum atomic E-state index is -5.72. The fourth-order valence-corrected chi connectivity index (χ4v) is 1.84. The molecule has 114 valence electrons. The number of ether oxygens (including phenoxy) is 1. The molecule has 1 aromatic carbocycles. The molecule has 0 saturated carbocycles. The highest BCUT2D eigenvalue weighted by Crippen LogP contribution is 2.33. The van der Waals surface area contributed by atoms with Crippen molar-refractivity contribution in [3.05, 3.63) is 23.2 Å². The molecule has 20 heavy (non-hydrogen) atoms. The van der Waals surface area contributed by atoms with Gasteiger partial charge in [0.2, 0.25) is 0 Å². The Kier molecular flexibility index (Phi) is 4.34. The SMILES string of the molecule is O=S(=O)(Nc1ccc(OC(F)(F)F)cc1Cl)C(F)(F)F. The van der Waals surface area contributed by atoms with Crippen LogP contribution in [0.5, 0.6) is 5.75 Å². The number of hydrogen-bond acceptors (Lipinski definition) is 3. The van der Waals surface area contributed by atoms with E-state index in [1.54, 1.807) is 0 Å². The Morgan fingerprint density at radius 2 is 1.65 bits per heavy atom. The van der Waals surface area contributed by atoms with Crippen LogP contribution < -0.4 is 9.46 Å². The van der Waals surface area contributed by atoms with E-state index in [4.69, 9.17) is 11.6 Å². The molecule has 0 saturated heterocycles. The van der Waals surface area contributed by atoms with E-state index in [1.165, 1.54) is 0 Å². The maximum Gasteiger partial charge on any atom is 0.573 e. The summed E-state index contributed by atoms with van der Waals surface area (Å²) in [4.78, 5) is 0. The molecule has 1 N–H and O–H groups in total. The van der Waals surface area contributed by atoms with Crippen LogP contribution in [-0.4, -0.2) is 20.3 Å². The van der Waals surface area contributed by atoms with Gasteiger partial charge in [0.15, 0.2) is 0 Å². The second kappa shape index (κ2) is 5.20. The molecule has 1 rings (SSSR count). The van der Waals surface area contributed by atoms with Crippen molar-refractivity contribution in [1.82, 2.24) is 0 Å². The summed E-state index contributed by atoms with van der Waals surface area (Å²) < 4.78 is 98.0. The first-order chi connectivity index (χ1) is 8.82. The number of benzene rings is 1. The van der Waals surface area contributed by atoms with Crippen LogP contribution in [0.3, 0.4) is 0 Å². The molecule has 0 amide bonds. The molecule has 0 aromatic heterocycles. The second-order valence-electron chi connectivity index (χ2n) is 3.24. The van der Waals surface area contributed by atoms with E-state index < -0.39 is 38.4 Å². The monoisotopic (exact) mass is 343 g/mol. The van der Waals surface area contributed by atoms with Crippen LogP contribution in [0.25, 0.3) is 0 Å². The summed E-state index contributed by atoms with van der Waals surface area (Å²) in [6.07, 6.45) is -5.02. The molecule has 0 bridgehead atoms. The third-order valence-electron chi connectivity index (χ3n) is 1.72. The van der Waals surface area contributed by atoms with Crippen molar-refractivity contribution in [3.63, 3.8) is 0 Å². The number of alkyl halides is 6. The predicted molar refractivity (Wildman–Crippen MR) is 56.7 cm³/mol. The quantitative estimate of drug-likeness (QED) is 0.855. The summed E-state index contributed by atoms with van der Waals surface area (Å²) in [5.41, 5.74) is -6.32. The molecule has 0 aliphatic rings. The highest BCUT2D eigenvalue weighted by Gasteiger charge is 2.46. The Morgan fingerprint density at radius 3 is 2.05 bits per heavy atom. The lowest BCUT2D eigenvalue weighted by Crippen LogP contribution is -2.30. The van der Waals surface area contributed by atoms with E-state index in [0.29, 0.717) is 18.2 Å². The van der Waals surface area contributed by atoms with Gasteiger partial charge in [-0.3, -0.25) is 4.72 Å². The zero-order valence-corrected chi connectivity index (χ0v) is 10.6. The van der Waals surface area contributed by atoms with Gasteiger partial charge in [-0.25, -0.2) is 0 Å². The van der Waals surface area contributed by atoms with Crippen LogP contribution in [0.4, 0.5) is 32.0 Å². The highest BCUT2D eigenvalue weighted by molar-refractivity contribution is 7.93.